The Morgan fingerprint density at radius 3 is 2.33 bits per heavy atom. The van der Waals surface area contributed by atoms with Crippen LogP contribution in [0.1, 0.15) is 0 Å². The van der Waals surface area contributed by atoms with Gasteiger partial charge in [-0.2, -0.15) is 0 Å². The van der Waals surface area contributed by atoms with Crippen LogP contribution < -0.4 is 5.73 Å². The highest BCUT2D eigenvalue weighted by atomic mass is 35.5. The van der Waals surface area contributed by atoms with Crippen molar-refractivity contribution in [2.24, 2.45) is 0 Å². The topological polar surface area (TPSA) is 38.9 Å². The van der Waals surface area contributed by atoms with Gasteiger partial charge in [0, 0.05) is 0 Å². The maximum Gasteiger partial charge on any atom is 0.151 e. The van der Waals surface area contributed by atoms with E-state index in [1.165, 1.54) is 11.8 Å². The van der Waals surface area contributed by atoms with E-state index in [0.29, 0.717) is 10.0 Å². The zero-order chi connectivity index (χ0) is 9.30. The van der Waals surface area contributed by atoms with Crippen LogP contribution in [0.4, 0.5) is 5.69 Å². The van der Waals surface area contributed by atoms with Crippen molar-refractivity contribution in [3.8, 4) is 0 Å². The Labute approximate surface area is 89.4 Å². The Balaban J connectivity index is 3.39. The van der Waals surface area contributed by atoms with Crippen molar-refractivity contribution < 1.29 is 0 Å². The van der Waals surface area contributed by atoms with Crippen molar-refractivity contribution >= 4 is 52.3 Å². The number of nitrogens with two attached hydrogens (primary N) is 1. The molecule has 1 aromatic rings. The number of anilines is 1. The zero-order valence-corrected chi connectivity index (χ0v) is 9.15. The summed E-state index contributed by atoms with van der Waals surface area (Å²) in [5, 5.41) is 1.34. The van der Waals surface area contributed by atoms with E-state index in [-0.39, 0.29) is 15.9 Å². The molecule has 1 rings (SSSR count). The molecule has 0 spiro atoms. The fraction of sp³-hybridized carbons (Fsp3) is 0.167. The van der Waals surface area contributed by atoms with E-state index in [1.807, 2.05) is 6.26 Å². The molecule has 0 aliphatic carbocycles. The molecule has 66 valence electrons. The van der Waals surface area contributed by atoms with Gasteiger partial charge in [-0.25, -0.2) is 4.98 Å². The highest BCUT2D eigenvalue weighted by Crippen LogP contribution is 2.37. The number of thioether (sulfide) groups is 1. The summed E-state index contributed by atoms with van der Waals surface area (Å²) in [4.78, 5) is 3.94. The van der Waals surface area contributed by atoms with Gasteiger partial charge < -0.3 is 5.73 Å². The van der Waals surface area contributed by atoms with Crippen molar-refractivity contribution in [3.63, 3.8) is 0 Å². The second kappa shape index (κ2) is 3.92. The van der Waals surface area contributed by atoms with Gasteiger partial charge in [-0.3, -0.25) is 0 Å². The Kier molecular flexibility index (Phi) is 3.35. The lowest BCUT2D eigenvalue weighted by atomic mass is 10.5. The molecule has 0 unspecified atom stereocenters. The average Bonchev–Trinajstić information content (AvgIpc) is 2.08. The van der Waals surface area contributed by atoms with Crippen molar-refractivity contribution in [1.29, 1.82) is 0 Å². The largest absolute Gasteiger partial charge is 0.396 e. The normalized spacial score (nSPS) is 10.3. The predicted octanol–water partition coefficient (Wildman–Crippen LogP) is 3.35. The second-order valence-corrected chi connectivity index (χ2v) is 3.86. The number of aromatic nitrogens is 1. The van der Waals surface area contributed by atoms with Crippen molar-refractivity contribution in [1.82, 2.24) is 4.98 Å². The number of nitrogen functional groups attached to an aromatic ring is 1. The van der Waals surface area contributed by atoms with Crippen LogP contribution in [0.3, 0.4) is 0 Å². The molecule has 0 atom stereocenters. The molecule has 6 heteroatoms. The molecule has 0 aromatic carbocycles. The molecule has 0 aliphatic rings. The van der Waals surface area contributed by atoms with Crippen LogP contribution in [0.25, 0.3) is 0 Å². The van der Waals surface area contributed by atoms with Gasteiger partial charge in [-0.05, 0) is 6.26 Å². The fourth-order valence-corrected chi connectivity index (χ4v) is 1.91. The van der Waals surface area contributed by atoms with Gasteiger partial charge in [0.1, 0.15) is 10.0 Å². The van der Waals surface area contributed by atoms with Gasteiger partial charge in [-0.15, -0.1) is 11.8 Å². The molecule has 0 saturated carbocycles. The lowest BCUT2D eigenvalue weighted by Crippen LogP contribution is -1.93. The summed E-state index contributed by atoms with van der Waals surface area (Å²) in [7, 11) is 0. The van der Waals surface area contributed by atoms with Gasteiger partial charge in [0.2, 0.25) is 0 Å². The van der Waals surface area contributed by atoms with E-state index in [2.05, 4.69) is 4.98 Å². The molecular formula is C6H5Cl3N2S. The van der Waals surface area contributed by atoms with Gasteiger partial charge >= 0.3 is 0 Å². The van der Waals surface area contributed by atoms with Gasteiger partial charge in [0.05, 0.1) is 10.7 Å². The second-order valence-electron chi connectivity index (χ2n) is 1.95. The third kappa shape index (κ3) is 1.74. The summed E-state index contributed by atoms with van der Waals surface area (Å²) in [6.45, 7) is 0. The fourth-order valence-electron chi connectivity index (χ4n) is 0.645. The summed E-state index contributed by atoms with van der Waals surface area (Å²) < 4.78 is 0. The predicted molar refractivity (Wildman–Crippen MR) is 55.5 cm³/mol. The molecule has 2 N–H and O–H groups in total. The Morgan fingerprint density at radius 2 is 1.83 bits per heavy atom. The first-order valence-corrected chi connectivity index (χ1v) is 5.27. The minimum absolute atomic E-state index is 0.183. The quantitative estimate of drug-likeness (QED) is 0.610. The maximum absolute atomic E-state index is 5.82. The first-order chi connectivity index (χ1) is 5.57. The molecule has 0 aliphatic heterocycles. The number of hydrogen-bond donors (Lipinski definition) is 1. The Morgan fingerprint density at radius 1 is 1.25 bits per heavy atom. The average molecular weight is 247 g/mol. The third-order valence-electron chi connectivity index (χ3n) is 1.23. The Hall–Kier alpha value is 0.170. The van der Waals surface area contributed by atoms with Gasteiger partial charge in [0.25, 0.3) is 0 Å². The minimum atomic E-state index is 0.183. The molecule has 1 heterocycles. The molecule has 0 bridgehead atoms. The number of nitrogens with zero attached hydrogens (tertiary/aromatic N) is 1. The van der Waals surface area contributed by atoms with Crippen LogP contribution in [0.15, 0.2) is 5.03 Å². The van der Waals surface area contributed by atoms with Crippen LogP contribution in [0.5, 0.6) is 0 Å². The molecule has 0 amide bonds. The molecule has 0 fully saturated rings. The monoisotopic (exact) mass is 245 g/mol. The smallest absolute Gasteiger partial charge is 0.151 e. The summed E-state index contributed by atoms with van der Waals surface area (Å²) in [6, 6.07) is 0. The van der Waals surface area contributed by atoms with Crippen LogP contribution in [-0.4, -0.2) is 11.2 Å². The summed E-state index contributed by atoms with van der Waals surface area (Å²) in [5.74, 6) is 0. The number of pyridine rings is 1. The number of halogens is 3. The van der Waals surface area contributed by atoms with Gasteiger partial charge in [-0.1, -0.05) is 34.8 Å². The van der Waals surface area contributed by atoms with Crippen molar-refractivity contribution in [2.45, 2.75) is 5.03 Å². The van der Waals surface area contributed by atoms with E-state index in [4.69, 9.17) is 40.5 Å². The molecule has 0 saturated heterocycles. The highest BCUT2D eigenvalue weighted by molar-refractivity contribution is 7.98. The molecule has 0 radical (unpaired) electrons. The number of hydrogen-bond acceptors (Lipinski definition) is 3. The lowest BCUT2D eigenvalue weighted by molar-refractivity contribution is 1.14. The van der Waals surface area contributed by atoms with Crippen LogP contribution in [0, 0.1) is 0 Å². The molecule has 2 nitrogen and oxygen atoms in total. The summed E-state index contributed by atoms with van der Waals surface area (Å²) in [6.07, 6.45) is 1.83. The highest BCUT2D eigenvalue weighted by Gasteiger charge is 2.12. The van der Waals surface area contributed by atoms with Gasteiger partial charge in [0.15, 0.2) is 5.15 Å². The molecular weight excluding hydrogens is 241 g/mol. The molecule has 1 aromatic heterocycles. The summed E-state index contributed by atoms with van der Waals surface area (Å²) in [5.41, 5.74) is 5.84. The van der Waals surface area contributed by atoms with E-state index < -0.39 is 0 Å². The Bertz CT molecular complexity index is 316. The van der Waals surface area contributed by atoms with Crippen LogP contribution in [-0.2, 0) is 0 Å². The van der Waals surface area contributed by atoms with E-state index in [9.17, 15) is 0 Å². The third-order valence-corrected chi connectivity index (χ3v) is 3.16. The van der Waals surface area contributed by atoms with Crippen molar-refractivity contribution in [3.05, 3.63) is 15.2 Å². The van der Waals surface area contributed by atoms with E-state index in [0.717, 1.165) is 0 Å². The summed E-state index contributed by atoms with van der Waals surface area (Å²) >= 11 is 18.6. The first kappa shape index (κ1) is 10.3. The zero-order valence-electron chi connectivity index (χ0n) is 6.07. The van der Waals surface area contributed by atoms with Crippen molar-refractivity contribution in [2.75, 3.05) is 12.0 Å². The standard InChI is InChI=1S/C6H5Cl3N2S/c1-12-6-3(8)4(10)2(7)5(9)11-6/h1H3,(H2,10,11)/i5+1,6+1,11+1. The first-order valence-electron chi connectivity index (χ1n) is 2.92. The van der Waals surface area contributed by atoms with E-state index in [1.54, 1.807) is 0 Å². The van der Waals surface area contributed by atoms with Crippen LogP contribution in [0.2, 0.25) is 15.2 Å². The lowest BCUT2D eigenvalue weighted by Gasteiger charge is -2.05. The minimum Gasteiger partial charge on any atom is -0.396 e. The van der Waals surface area contributed by atoms with E-state index >= 15 is 0 Å². The SMILES string of the molecule is CS[13c]1[15n][13c](Cl)c(Cl)c(N)c1Cl. The number of rotatable bonds is 1. The van der Waals surface area contributed by atoms with Crippen LogP contribution >= 0.6 is 46.6 Å². The molecule has 12 heavy (non-hydrogen) atoms. The maximum atomic E-state index is 5.82.